The molecule has 0 bridgehead atoms. The molecule has 3 atom stereocenters. The van der Waals surface area contributed by atoms with Crippen molar-refractivity contribution in [1.82, 2.24) is 49.6 Å². The number of carbonyl (C=O) groups is 4. The van der Waals surface area contributed by atoms with E-state index in [0.717, 1.165) is 6.42 Å². The summed E-state index contributed by atoms with van der Waals surface area (Å²) in [5, 5.41) is 17.0. The second-order valence-electron chi connectivity index (χ2n) is 14.3. The van der Waals surface area contributed by atoms with Gasteiger partial charge in [0.2, 0.25) is 11.8 Å². The van der Waals surface area contributed by atoms with E-state index in [1.165, 1.54) is 4.68 Å². The fourth-order valence-corrected chi connectivity index (χ4v) is 5.39. The van der Waals surface area contributed by atoms with Crippen molar-refractivity contribution in [3.8, 4) is 11.4 Å². The van der Waals surface area contributed by atoms with Crippen LogP contribution in [0.25, 0.3) is 11.4 Å². The minimum Gasteiger partial charge on any atom is -0.444 e. The van der Waals surface area contributed by atoms with Crippen LogP contribution in [0.4, 0.5) is 9.59 Å². The smallest absolute Gasteiger partial charge is 0.410 e. The molecule has 2 fully saturated rings. The molecule has 0 saturated carbocycles. The second kappa shape index (κ2) is 14.3. The van der Waals surface area contributed by atoms with Gasteiger partial charge in [-0.2, -0.15) is 0 Å². The molecule has 2 aromatic rings. The Hall–Kier alpha value is -4.24. The summed E-state index contributed by atoms with van der Waals surface area (Å²) in [4.78, 5) is 58.7. The lowest BCUT2D eigenvalue weighted by molar-refractivity contribution is -0.138. The summed E-state index contributed by atoms with van der Waals surface area (Å²) in [7, 11) is 0. The zero-order valence-corrected chi connectivity index (χ0v) is 29.2. The number of aromatic nitrogens is 6. The van der Waals surface area contributed by atoms with E-state index in [-0.39, 0.29) is 29.9 Å². The number of nitrogens with zero attached hydrogens (tertiary/aromatic N) is 10. The Labute approximate surface area is 276 Å². The molecule has 1 unspecified atom stereocenters. The van der Waals surface area contributed by atoms with Gasteiger partial charge in [-0.1, -0.05) is 30.7 Å². The Balaban J connectivity index is 1.38. The minimum atomic E-state index is -0.631. The summed E-state index contributed by atoms with van der Waals surface area (Å²) in [6.45, 7) is 19.8. The van der Waals surface area contributed by atoms with Crippen LogP contribution in [-0.2, 0) is 19.1 Å². The van der Waals surface area contributed by atoms with Gasteiger partial charge in [-0.05, 0) is 54.4 Å². The second-order valence-corrected chi connectivity index (χ2v) is 14.3. The molecule has 16 heteroatoms. The summed E-state index contributed by atoms with van der Waals surface area (Å²) < 4.78 is 14.0. The zero-order chi connectivity index (χ0) is 34.7. The Morgan fingerprint density at radius 3 is 1.47 bits per heavy atom. The van der Waals surface area contributed by atoms with E-state index in [1.807, 2.05) is 55.4 Å². The SMILES string of the molecule is CC[C@@H](C)C(C(=O)N1CCN(C(=O)OC(C)(C)C)CC1)n1cc(-c2cn([C@@H](C)C(=O)N3CCN(C(=O)OC(C)(C)C)CC3)nn2)nn1. The van der Waals surface area contributed by atoms with Gasteiger partial charge in [0.1, 0.15) is 34.7 Å². The van der Waals surface area contributed by atoms with Crippen molar-refractivity contribution in [3.05, 3.63) is 12.4 Å². The molecule has 4 heterocycles. The van der Waals surface area contributed by atoms with Gasteiger partial charge < -0.3 is 29.1 Å². The van der Waals surface area contributed by atoms with Crippen LogP contribution in [0, 0.1) is 5.92 Å². The fraction of sp³-hybridized carbons (Fsp3) is 0.742. The maximum absolute atomic E-state index is 13.8. The molecular weight excluding hydrogens is 608 g/mol. The molecule has 2 saturated heterocycles. The molecule has 0 N–H and O–H groups in total. The third-order valence-corrected chi connectivity index (χ3v) is 8.24. The van der Waals surface area contributed by atoms with Crippen molar-refractivity contribution < 1.29 is 28.7 Å². The molecule has 4 amide bonds. The van der Waals surface area contributed by atoms with Crippen LogP contribution >= 0.6 is 0 Å². The first-order valence-corrected chi connectivity index (χ1v) is 16.3. The Kier molecular flexibility index (Phi) is 10.8. The lowest BCUT2D eigenvalue weighted by atomic mass is 9.97. The normalized spacial score (nSPS) is 18.1. The number of hydrogen-bond donors (Lipinski definition) is 0. The topological polar surface area (TPSA) is 161 Å². The number of amides is 4. The van der Waals surface area contributed by atoms with E-state index < -0.39 is 23.3 Å². The van der Waals surface area contributed by atoms with E-state index in [9.17, 15) is 19.2 Å². The molecule has 2 aliphatic rings. The largest absolute Gasteiger partial charge is 0.444 e. The monoisotopic (exact) mass is 658 g/mol. The molecule has 16 nitrogen and oxygen atoms in total. The summed E-state index contributed by atoms with van der Waals surface area (Å²) in [5.74, 6) is -0.262. The van der Waals surface area contributed by atoms with Gasteiger partial charge in [0.05, 0.1) is 12.4 Å². The first-order valence-electron chi connectivity index (χ1n) is 16.3. The van der Waals surface area contributed by atoms with Crippen molar-refractivity contribution in [1.29, 1.82) is 0 Å². The van der Waals surface area contributed by atoms with Crippen molar-refractivity contribution in [2.45, 2.75) is 92.0 Å². The van der Waals surface area contributed by atoms with Crippen LogP contribution in [0.15, 0.2) is 12.4 Å². The maximum atomic E-state index is 13.8. The highest BCUT2D eigenvalue weighted by Crippen LogP contribution is 2.26. The third-order valence-electron chi connectivity index (χ3n) is 8.24. The van der Waals surface area contributed by atoms with Gasteiger partial charge in [0.15, 0.2) is 0 Å². The highest BCUT2D eigenvalue weighted by atomic mass is 16.6. The van der Waals surface area contributed by atoms with E-state index >= 15 is 0 Å². The van der Waals surface area contributed by atoms with Gasteiger partial charge in [-0.3, -0.25) is 9.59 Å². The molecule has 0 radical (unpaired) electrons. The Morgan fingerprint density at radius 2 is 1.04 bits per heavy atom. The van der Waals surface area contributed by atoms with E-state index in [2.05, 4.69) is 20.6 Å². The van der Waals surface area contributed by atoms with Crippen molar-refractivity contribution in [3.63, 3.8) is 0 Å². The van der Waals surface area contributed by atoms with Gasteiger partial charge in [0, 0.05) is 52.4 Å². The fourth-order valence-electron chi connectivity index (χ4n) is 5.39. The number of hydrogen-bond acceptors (Lipinski definition) is 10. The van der Waals surface area contributed by atoms with E-state index in [0.29, 0.717) is 63.7 Å². The van der Waals surface area contributed by atoms with Crippen LogP contribution < -0.4 is 0 Å². The molecule has 0 aromatic carbocycles. The Morgan fingerprint density at radius 1 is 0.660 bits per heavy atom. The quantitative estimate of drug-likeness (QED) is 0.433. The number of ether oxygens (including phenoxy) is 2. The summed E-state index contributed by atoms with van der Waals surface area (Å²) in [6.07, 6.45) is 3.30. The summed E-state index contributed by atoms with van der Waals surface area (Å²) in [6, 6.07) is -1.22. The van der Waals surface area contributed by atoms with Crippen molar-refractivity contribution >= 4 is 24.0 Å². The highest BCUT2D eigenvalue weighted by molar-refractivity contribution is 5.81. The summed E-state index contributed by atoms with van der Waals surface area (Å²) >= 11 is 0. The zero-order valence-electron chi connectivity index (χ0n) is 29.2. The maximum Gasteiger partial charge on any atom is 0.410 e. The highest BCUT2D eigenvalue weighted by Gasteiger charge is 2.35. The van der Waals surface area contributed by atoms with Crippen LogP contribution in [0.2, 0.25) is 0 Å². The average Bonchev–Trinajstić information content (AvgIpc) is 3.69. The average molecular weight is 659 g/mol. The number of carbonyl (C=O) groups excluding carboxylic acids is 4. The number of piperazine rings is 2. The molecule has 260 valence electrons. The predicted molar refractivity (Wildman–Crippen MR) is 171 cm³/mol. The number of rotatable bonds is 7. The van der Waals surface area contributed by atoms with E-state index in [4.69, 9.17) is 9.47 Å². The molecular formula is C31H50N10O6. The third kappa shape index (κ3) is 8.98. The first-order chi connectivity index (χ1) is 22.0. The standard InChI is InChI=1S/C31H50N10O6/c1-10-21(2)25(27(43)37-13-17-39(18-14-37)29(45)47-31(7,8)9)41-20-24(33-35-41)23-19-40(34-32-23)22(3)26(42)36-11-15-38(16-12-36)28(44)46-30(4,5)6/h19-22,25H,10-18H2,1-9H3/t21-,22+,25?/m1/s1. The molecule has 0 spiro atoms. The first kappa shape index (κ1) is 35.6. The molecule has 0 aliphatic carbocycles. The van der Waals surface area contributed by atoms with Gasteiger partial charge in [-0.25, -0.2) is 19.0 Å². The van der Waals surface area contributed by atoms with Gasteiger partial charge in [0.25, 0.3) is 0 Å². The van der Waals surface area contributed by atoms with Crippen LogP contribution in [-0.4, -0.2) is 137 Å². The lowest BCUT2D eigenvalue weighted by Gasteiger charge is -2.37. The molecule has 4 rings (SSSR count). The van der Waals surface area contributed by atoms with Crippen LogP contribution in [0.5, 0.6) is 0 Å². The van der Waals surface area contributed by atoms with Crippen LogP contribution in [0.1, 0.15) is 80.8 Å². The Bertz CT molecular complexity index is 1410. The van der Waals surface area contributed by atoms with Crippen molar-refractivity contribution in [2.75, 3.05) is 52.4 Å². The predicted octanol–water partition coefficient (Wildman–Crippen LogP) is 2.84. The molecule has 2 aliphatic heterocycles. The molecule has 2 aromatic heterocycles. The van der Waals surface area contributed by atoms with Gasteiger partial charge >= 0.3 is 12.2 Å². The summed E-state index contributed by atoms with van der Waals surface area (Å²) in [5.41, 5.74) is -0.319. The molecule has 47 heavy (non-hydrogen) atoms. The van der Waals surface area contributed by atoms with Crippen LogP contribution in [0.3, 0.4) is 0 Å². The lowest BCUT2D eigenvalue weighted by Crippen LogP contribution is -2.53. The van der Waals surface area contributed by atoms with Crippen molar-refractivity contribution in [2.24, 2.45) is 5.92 Å². The van der Waals surface area contributed by atoms with E-state index in [1.54, 1.807) is 43.6 Å². The minimum absolute atomic E-state index is 0.0370. The van der Waals surface area contributed by atoms with Gasteiger partial charge in [-0.15, -0.1) is 10.2 Å².